The van der Waals surface area contributed by atoms with Crippen LogP contribution in [0.15, 0.2) is 54.6 Å². The molecule has 6 N–H and O–H groups in total. The average molecular weight is 446 g/mol. The number of nitrogen functional groups attached to an aromatic ring is 1. The van der Waals surface area contributed by atoms with E-state index in [1.165, 1.54) is 13.8 Å². The Kier molecular flexibility index (Phi) is 8.29. The van der Waals surface area contributed by atoms with Gasteiger partial charge in [-0.1, -0.05) is 54.6 Å². The molecule has 0 saturated carbocycles. The number of amidine groups is 1. The van der Waals surface area contributed by atoms with Crippen LogP contribution in [0.5, 0.6) is 0 Å². The van der Waals surface area contributed by atoms with Crippen LogP contribution in [-0.4, -0.2) is 38.2 Å². The van der Waals surface area contributed by atoms with E-state index < -0.39 is 33.9 Å². The zero-order valence-corrected chi connectivity index (χ0v) is 18.2. The molecule has 2 rings (SSSR count). The Morgan fingerprint density at radius 1 is 0.935 bits per heavy atom. The van der Waals surface area contributed by atoms with Crippen molar-refractivity contribution in [2.24, 2.45) is 5.73 Å². The van der Waals surface area contributed by atoms with Gasteiger partial charge in [0.05, 0.1) is 11.8 Å². The zero-order chi connectivity index (χ0) is 23.0. The van der Waals surface area contributed by atoms with E-state index in [1.54, 1.807) is 54.6 Å². The normalized spacial score (nSPS) is 13.1. The van der Waals surface area contributed by atoms with Gasteiger partial charge in [-0.2, -0.15) is 0 Å². The number of nitrogens with two attached hydrogens (primary N) is 1. The Bertz CT molecular complexity index is 1020. The lowest BCUT2D eigenvalue weighted by Crippen LogP contribution is -2.51. The summed E-state index contributed by atoms with van der Waals surface area (Å²) in [5.41, 5.74) is 7.39. The third kappa shape index (κ3) is 7.83. The van der Waals surface area contributed by atoms with Crippen molar-refractivity contribution in [1.29, 1.82) is 5.41 Å². The molecule has 2 aromatic carbocycles. The maximum Gasteiger partial charge on any atom is 0.242 e. The van der Waals surface area contributed by atoms with E-state index >= 15 is 0 Å². The summed E-state index contributed by atoms with van der Waals surface area (Å²) in [4.78, 5) is 24.6. The number of nitrogens with one attached hydrogen (secondary N) is 4. The second kappa shape index (κ2) is 10.7. The molecular formula is C21H27N5O4S. The van der Waals surface area contributed by atoms with Crippen LogP contribution in [0, 0.1) is 5.41 Å². The van der Waals surface area contributed by atoms with E-state index in [4.69, 9.17) is 11.1 Å². The number of amides is 2. The smallest absolute Gasteiger partial charge is 0.242 e. The Morgan fingerprint density at radius 3 is 2.13 bits per heavy atom. The van der Waals surface area contributed by atoms with Crippen LogP contribution in [0.25, 0.3) is 0 Å². The number of carbonyl (C=O) groups is 2. The van der Waals surface area contributed by atoms with Crippen molar-refractivity contribution in [1.82, 2.24) is 15.4 Å². The van der Waals surface area contributed by atoms with Gasteiger partial charge in [-0.05, 0) is 25.0 Å². The molecule has 0 aliphatic rings. The monoisotopic (exact) mass is 445 g/mol. The highest BCUT2D eigenvalue weighted by molar-refractivity contribution is 7.88. The molecule has 0 aromatic heterocycles. The van der Waals surface area contributed by atoms with Crippen LogP contribution in [0.3, 0.4) is 0 Å². The molecule has 0 unspecified atom stereocenters. The lowest BCUT2D eigenvalue weighted by atomic mass is 10.1. The van der Waals surface area contributed by atoms with Crippen LogP contribution in [0.4, 0.5) is 0 Å². The number of rotatable bonds is 10. The average Bonchev–Trinajstić information content (AvgIpc) is 2.72. The molecule has 0 aliphatic carbocycles. The maximum atomic E-state index is 12.3. The van der Waals surface area contributed by atoms with Crippen molar-refractivity contribution in [2.75, 3.05) is 0 Å². The molecule has 0 radical (unpaired) electrons. The van der Waals surface area contributed by atoms with Gasteiger partial charge in [-0.3, -0.25) is 15.0 Å². The van der Waals surface area contributed by atoms with Gasteiger partial charge in [0, 0.05) is 12.1 Å². The molecule has 0 fully saturated rings. The summed E-state index contributed by atoms with van der Waals surface area (Å²) in [6.45, 7) is 3.16. The second-order valence-corrected chi connectivity index (χ2v) is 8.90. The third-order valence-corrected chi connectivity index (χ3v) is 5.86. The van der Waals surface area contributed by atoms with Crippen LogP contribution in [0.2, 0.25) is 0 Å². The molecule has 0 bridgehead atoms. The fraction of sp³-hybridized carbons (Fsp3) is 0.286. The summed E-state index contributed by atoms with van der Waals surface area (Å²) in [7, 11) is -3.73. The molecule has 2 aromatic rings. The molecule has 166 valence electrons. The highest BCUT2D eigenvalue weighted by Crippen LogP contribution is 2.05. The first kappa shape index (κ1) is 24.0. The summed E-state index contributed by atoms with van der Waals surface area (Å²) in [6, 6.07) is 13.6. The first-order valence-corrected chi connectivity index (χ1v) is 11.3. The number of hydrogen-bond acceptors (Lipinski definition) is 5. The minimum atomic E-state index is -3.73. The van der Waals surface area contributed by atoms with Crippen LogP contribution in [-0.2, 0) is 31.9 Å². The van der Waals surface area contributed by atoms with Crippen LogP contribution < -0.4 is 21.1 Å². The Hall–Kier alpha value is -3.24. The predicted octanol–water partition coefficient (Wildman–Crippen LogP) is 0.600. The van der Waals surface area contributed by atoms with Crippen molar-refractivity contribution in [3.63, 3.8) is 0 Å². The summed E-state index contributed by atoms with van der Waals surface area (Å²) in [6.07, 6.45) is 0. The number of benzene rings is 2. The highest BCUT2D eigenvalue weighted by Gasteiger charge is 2.23. The lowest BCUT2D eigenvalue weighted by molar-refractivity contribution is -0.129. The molecule has 2 atom stereocenters. The third-order valence-electron chi connectivity index (χ3n) is 4.43. The summed E-state index contributed by atoms with van der Waals surface area (Å²) in [5, 5.41) is 12.6. The van der Waals surface area contributed by atoms with Gasteiger partial charge in [-0.25, -0.2) is 13.1 Å². The summed E-state index contributed by atoms with van der Waals surface area (Å²) < 4.78 is 26.9. The topological polar surface area (TPSA) is 154 Å². The maximum absolute atomic E-state index is 12.3. The minimum Gasteiger partial charge on any atom is -0.384 e. The molecule has 31 heavy (non-hydrogen) atoms. The predicted molar refractivity (Wildman–Crippen MR) is 119 cm³/mol. The van der Waals surface area contributed by atoms with E-state index in [0.717, 1.165) is 5.56 Å². The quantitative estimate of drug-likeness (QED) is 0.268. The standard InChI is InChI=1S/C21H27N5O4S/c1-14(20(27)24-12-16-8-10-18(11-9-16)19(22)23)25-21(28)15(2)26-31(29,30)13-17-6-4-3-5-7-17/h3-11,14-15,26H,12-13H2,1-2H3,(H3,22,23)(H,24,27)(H,25,28)/t14-,15+/m0/s1. The van der Waals surface area contributed by atoms with Crippen LogP contribution >= 0.6 is 0 Å². The number of hydrogen-bond donors (Lipinski definition) is 5. The SMILES string of the molecule is C[C@H](NC(=O)[C@@H](C)NS(=O)(=O)Cc1ccccc1)C(=O)NCc1ccc(C(=N)N)cc1. The van der Waals surface area contributed by atoms with Crippen molar-refractivity contribution < 1.29 is 18.0 Å². The van der Waals surface area contributed by atoms with Gasteiger partial charge in [0.15, 0.2) is 0 Å². The number of sulfonamides is 1. The molecule has 9 nitrogen and oxygen atoms in total. The van der Waals surface area contributed by atoms with E-state index in [9.17, 15) is 18.0 Å². The van der Waals surface area contributed by atoms with E-state index in [1.807, 2.05) is 0 Å². The molecule has 10 heteroatoms. The zero-order valence-electron chi connectivity index (χ0n) is 17.4. The van der Waals surface area contributed by atoms with E-state index in [2.05, 4.69) is 15.4 Å². The Labute approximate surface area is 182 Å². The summed E-state index contributed by atoms with van der Waals surface area (Å²) in [5.74, 6) is -1.31. The molecule has 2 amide bonds. The second-order valence-electron chi connectivity index (χ2n) is 7.14. The molecule has 0 aliphatic heterocycles. The fourth-order valence-electron chi connectivity index (χ4n) is 2.71. The van der Waals surface area contributed by atoms with E-state index in [-0.39, 0.29) is 18.1 Å². The van der Waals surface area contributed by atoms with Crippen molar-refractivity contribution >= 4 is 27.7 Å². The van der Waals surface area contributed by atoms with Crippen molar-refractivity contribution in [3.05, 3.63) is 71.3 Å². The lowest BCUT2D eigenvalue weighted by Gasteiger charge is -2.18. The molecule has 0 heterocycles. The van der Waals surface area contributed by atoms with Gasteiger partial charge in [-0.15, -0.1) is 0 Å². The highest BCUT2D eigenvalue weighted by atomic mass is 32.2. The number of carbonyl (C=O) groups excluding carboxylic acids is 2. The van der Waals surface area contributed by atoms with E-state index in [0.29, 0.717) is 11.1 Å². The molecule has 0 saturated heterocycles. The van der Waals surface area contributed by atoms with Crippen molar-refractivity contribution in [2.45, 2.75) is 38.2 Å². The largest absolute Gasteiger partial charge is 0.384 e. The molecule has 0 spiro atoms. The minimum absolute atomic E-state index is 0.0413. The Balaban J connectivity index is 1.82. The van der Waals surface area contributed by atoms with Crippen LogP contribution in [0.1, 0.15) is 30.5 Å². The summed E-state index contributed by atoms with van der Waals surface area (Å²) >= 11 is 0. The van der Waals surface area contributed by atoms with Gasteiger partial charge in [0.1, 0.15) is 11.9 Å². The first-order chi connectivity index (χ1) is 14.6. The molecular weight excluding hydrogens is 418 g/mol. The fourth-order valence-corrected chi connectivity index (χ4v) is 4.07. The van der Waals surface area contributed by atoms with Crippen molar-refractivity contribution in [3.8, 4) is 0 Å². The van der Waals surface area contributed by atoms with Gasteiger partial charge in [0.2, 0.25) is 21.8 Å². The van der Waals surface area contributed by atoms with Gasteiger partial charge in [0.25, 0.3) is 0 Å². The Morgan fingerprint density at radius 2 is 1.55 bits per heavy atom. The first-order valence-electron chi connectivity index (χ1n) is 9.63. The van der Waals surface area contributed by atoms with Gasteiger partial charge >= 0.3 is 0 Å². The van der Waals surface area contributed by atoms with Gasteiger partial charge < -0.3 is 16.4 Å².